The summed E-state index contributed by atoms with van der Waals surface area (Å²) in [5.74, 6) is 0.576. The van der Waals surface area contributed by atoms with Crippen LogP contribution in [0.4, 0.5) is 5.69 Å². The van der Waals surface area contributed by atoms with Crippen LogP contribution >= 0.6 is 22.9 Å². The summed E-state index contributed by atoms with van der Waals surface area (Å²) in [5.41, 5.74) is 3.75. The summed E-state index contributed by atoms with van der Waals surface area (Å²) < 4.78 is 0.841. The Balaban J connectivity index is 2.05. The maximum atomic E-state index is 5.95. The average molecular weight is 280 g/mol. The molecule has 0 saturated carbocycles. The predicted molar refractivity (Wildman–Crippen MR) is 81.9 cm³/mol. The van der Waals surface area contributed by atoms with Crippen molar-refractivity contribution in [3.05, 3.63) is 51.2 Å². The zero-order valence-corrected chi connectivity index (χ0v) is 12.5. The standard InChI is InChI=1S/C15H18ClNS/c1-10(2)12-4-6-14(7-5-12)17-11(3)13-8-15(16)18-9-13/h4-11,17H,1-3H3. The molecule has 0 saturated heterocycles. The monoisotopic (exact) mass is 279 g/mol. The summed E-state index contributed by atoms with van der Waals surface area (Å²) in [6, 6.07) is 10.9. The van der Waals surface area contributed by atoms with Crippen LogP contribution in [0.1, 0.15) is 43.9 Å². The number of halogens is 1. The molecule has 1 nitrogen and oxygen atoms in total. The molecule has 0 aliphatic carbocycles. The molecule has 96 valence electrons. The highest BCUT2D eigenvalue weighted by atomic mass is 35.5. The average Bonchev–Trinajstić information content (AvgIpc) is 2.76. The maximum absolute atomic E-state index is 5.95. The van der Waals surface area contributed by atoms with Gasteiger partial charge in [-0.1, -0.05) is 37.6 Å². The molecule has 0 amide bonds. The van der Waals surface area contributed by atoms with Crippen molar-refractivity contribution >= 4 is 28.6 Å². The molecule has 0 aliphatic heterocycles. The molecule has 0 bridgehead atoms. The minimum atomic E-state index is 0.277. The minimum Gasteiger partial charge on any atom is -0.378 e. The Kier molecular flexibility index (Phi) is 4.31. The second-order valence-electron chi connectivity index (χ2n) is 4.83. The third-order valence-electron chi connectivity index (χ3n) is 3.05. The predicted octanol–water partition coefficient (Wildman–Crippen LogP) is 5.70. The van der Waals surface area contributed by atoms with Crippen LogP contribution in [-0.4, -0.2) is 0 Å². The van der Waals surface area contributed by atoms with Gasteiger partial charge in [0.1, 0.15) is 0 Å². The normalized spacial score (nSPS) is 12.7. The Morgan fingerprint density at radius 2 is 1.72 bits per heavy atom. The lowest BCUT2D eigenvalue weighted by atomic mass is 10.0. The Labute approximate surface area is 118 Å². The fourth-order valence-corrected chi connectivity index (χ4v) is 2.83. The van der Waals surface area contributed by atoms with Gasteiger partial charge in [-0.25, -0.2) is 0 Å². The maximum Gasteiger partial charge on any atom is 0.0931 e. The second kappa shape index (κ2) is 5.77. The molecule has 0 aliphatic rings. The van der Waals surface area contributed by atoms with E-state index in [1.165, 1.54) is 11.1 Å². The van der Waals surface area contributed by atoms with E-state index < -0.39 is 0 Å². The lowest BCUT2D eigenvalue weighted by Crippen LogP contribution is -2.05. The van der Waals surface area contributed by atoms with Crippen molar-refractivity contribution in [1.29, 1.82) is 0 Å². The Hall–Kier alpha value is -0.990. The number of thiophene rings is 1. The topological polar surface area (TPSA) is 12.0 Å². The smallest absolute Gasteiger partial charge is 0.0931 e. The van der Waals surface area contributed by atoms with E-state index in [9.17, 15) is 0 Å². The molecule has 0 spiro atoms. The lowest BCUT2D eigenvalue weighted by molar-refractivity contribution is 0.863. The first-order chi connectivity index (χ1) is 8.56. The Bertz CT molecular complexity index is 501. The van der Waals surface area contributed by atoms with Crippen LogP contribution in [0.15, 0.2) is 35.7 Å². The van der Waals surface area contributed by atoms with E-state index in [2.05, 4.69) is 55.7 Å². The van der Waals surface area contributed by atoms with Gasteiger partial charge in [0.25, 0.3) is 0 Å². The van der Waals surface area contributed by atoms with E-state index in [1.54, 1.807) is 11.3 Å². The molecule has 18 heavy (non-hydrogen) atoms. The molecule has 0 fully saturated rings. The quantitative estimate of drug-likeness (QED) is 0.757. The number of hydrogen-bond acceptors (Lipinski definition) is 2. The zero-order valence-electron chi connectivity index (χ0n) is 10.9. The first-order valence-electron chi connectivity index (χ1n) is 6.16. The van der Waals surface area contributed by atoms with Gasteiger partial charge in [-0.2, -0.15) is 0 Å². The first kappa shape index (κ1) is 13.4. The molecule has 2 aromatic rings. The number of anilines is 1. The Morgan fingerprint density at radius 1 is 1.06 bits per heavy atom. The summed E-state index contributed by atoms with van der Waals surface area (Å²) in [7, 11) is 0. The van der Waals surface area contributed by atoms with Crippen LogP contribution in [0.25, 0.3) is 0 Å². The van der Waals surface area contributed by atoms with Crippen LogP contribution in [0.5, 0.6) is 0 Å². The van der Waals surface area contributed by atoms with Crippen LogP contribution in [0.3, 0.4) is 0 Å². The molecular weight excluding hydrogens is 262 g/mol. The molecule has 1 unspecified atom stereocenters. The van der Waals surface area contributed by atoms with Crippen molar-refractivity contribution in [2.75, 3.05) is 5.32 Å². The molecule has 1 heterocycles. The fourth-order valence-electron chi connectivity index (χ4n) is 1.85. The van der Waals surface area contributed by atoms with Gasteiger partial charge in [-0.15, -0.1) is 11.3 Å². The first-order valence-corrected chi connectivity index (χ1v) is 7.42. The number of nitrogens with one attached hydrogen (secondary N) is 1. The fraction of sp³-hybridized carbons (Fsp3) is 0.333. The van der Waals surface area contributed by atoms with Gasteiger partial charge < -0.3 is 5.32 Å². The molecule has 1 N–H and O–H groups in total. The molecule has 1 atom stereocenters. The molecular formula is C15H18ClNS. The van der Waals surface area contributed by atoms with Crippen LogP contribution < -0.4 is 5.32 Å². The van der Waals surface area contributed by atoms with E-state index in [0.717, 1.165) is 10.0 Å². The zero-order chi connectivity index (χ0) is 13.1. The highest BCUT2D eigenvalue weighted by Crippen LogP contribution is 2.27. The molecule has 1 aromatic carbocycles. The van der Waals surface area contributed by atoms with Gasteiger partial charge in [-0.05, 0) is 47.5 Å². The molecule has 0 radical (unpaired) electrons. The van der Waals surface area contributed by atoms with Crippen molar-refractivity contribution in [3.63, 3.8) is 0 Å². The van der Waals surface area contributed by atoms with E-state index in [-0.39, 0.29) is 6.04 Å². The van der Waals surface area contributed by atoms with Gasteiger partial charge in [0.15, 0.2) is 0 Å². The SMILES string of the molecule is CC(C)c1ccc(NC(C)c2csc(Cl)c2)cc1. The summed E-state index contributed by atoms with van der Waals surface area (Å²) in [6.45, 7) is 6.56. The van der Waals surface area contributed by atoms with Crippen molar-refractivity contribution in [2.24, 2.45) is 0 Å². The third kappa shape index (κ3) is 3.27. The van der Waals surface area contributed by atoms with E-state index in [1.807, 2.05) is 6.07 Å². The summed E-state index contributed by atoms with van der Waals surface area (Å²) >= 11 is 7.53. The van der Waals surface area contributed by atoms with Crippen molar-refractivity contribution in [2.45, 2.75) is 32.7 Å². The van der Waals surface area contributed by atoms with Crippen LogP contribution in [0.2, 0.25) is 4.34 Å². The number of benzene rings is 1. The number of hydrogen-bond donors (Lipinski definition) is 1. The molecule has 3 heteroatoms. The van der Waals surface area contributed by atoms with Gasteiger partial charge in [0.2, 0.25) is 0 Å². The largest absolute Gasteiger partial charge is 0.378 e. The van der Waals surface area contributed by atoms with Crippen LogP contribution in [0, 0.1) is 0 Å². The van der Waals surface area contributed by atoms with Crippen LogP contribution in [-0.2, 0) is 0 Å². The van der Waals surface area contributed by atoms with E-state index in [0.29, 0.717) is 5.92 Å². The summed E-state index contributed by atoms with van der Waals surface area (Å²) in [4.78, 5) is 0. The lowest BCUT2D eigenvalue weighted by Gasteiger charge is -2.15. The van der Waals surface area contributed by atoms with E-state index in [4.69, 9.17) is 11.6 Å². The van der Waals surface area contributed by atoms with Crippen molar-refractivity contribution < 1.29 is 0 Å². The summed E-state index contributed by atoms with van der Waals surface area (Å²) in [6.07, 6.45) is 0. The molecule has 2 rings (SSSR count). The van der Waals surface area contributed by atoms with Crippen molar-refractivity contribution in [3.8, 4) is 0 Å². The highest BCUT2D eigenvalue weighted by Gasteiger charge is 2.07. The highest BCUT2D eigenvalue weighted by molar-refractivity contribution is 7.14. The van der Waals surface area contributed by atoms with Gasteiger partial charge in [0.05, 0.1) is 4.34 Å². The van der Waals surface area contributed by atoms with Crippen molar-refractivity contribution in [1.82, 2.24) is 0 Å². The summed E-state index contributed by atoms with van der Waals surface area (Å²) in [5, 5.41) is 5.59. The van der Waals surface area contributed by atoms with Gasteiger partial charge in [0, 0.05) is 11.7 Å². The second-order valence-corrected chi connectivity index (χ2v) is 6.37. The third-order valence-corrected chi connectivity index (χ3v) is 4.16. The molecule has 1 aromatic heterocycles. The minimum absolute atomic E-state index is 0.277. The van der Waals surface area contributed by atoms with Gasteiger partial charge >= 0.3 is 0 Å². The van der Waals surface area contributed by atoms with Gasteiger partial charge in [-0.3, -0.25) is 0 Å². The Morgan fingerprint density at radius 3 is 2.22 bits per heavy atom. The van der Waals surface area contributed by atoms with E-state index >= 15 is 0 Å². The number of rotatable bonds is 4.